The first-order chi connectivity index (χ1) is 17.0. The van der Waals surface area contributed by atoms with Crippen LogP contribution in [0.4, 0.5) is 0 Å². The molecule has 1 saturated heterocycles. The van der Waals surface area contributed by atoms with Crippen LogP contribution in [-0.4, -0.2) is 42.7 Å². The summed E-state index contributed by atoms with van der Waals surface area (Å²) in [6.45, 7) is 0.256. The van der Waals surface area contributed by atoms with Gasteiger partial charge >= 0.3 is 0 Å². The summed E-state index contributed by atoms with van der Waals surface area (Å²) in [5, 5.41) is 11.3. The molecule has 5 rings (SSSR count). The topological polar surface area (TPSA) is 94.5 Å². The molecule has 8 heteroatoms. The minimum atomic E-state index is -0.832. The first kappa shape index (κ1) is 22.3. The van der Waals surface area contributed by atoms with Gasteiger partial charge in [0.1, 0.15) is 17.3 Å². The summed E-state index contributed by atoms with van der Waals surface area (Å²) < 4.78 is 21.5. The molecule has 35 heavy (non-hydrogen) atoms. The quantitative estimate of drug-likeness (QED) is 0.328. The zero-order chi connectivity index (χ0) is 24.5. The Balaban J connectivity index is 1.63. The van der Waals surface area contributed by atoms with Gasteiger partial charge in [-0.25, -0.2) is 0 Å². The molecule has 1 atom stereocenters. The third-order valence-corrected chi connectivity index (χ3v) is 6.08. The first-order valence-electron chi connectivity index (χ1n) is 11.0. The average Bonchev–Trinajstić information content (AvgIpc) is 3.46. The van der Waals surface area contributed by atoms with E-state index in [1.54, 1.807) is 67.8 Å². The maximum atomic E-state index is 13.3. The van der Waals surface area contributed by atoms with Gasteiger partial charge in [-0.15, -0.1) is 0 Å². The van der Waals surface area contributed by atoms with Crippen molar-refractivity contribution in [3.8, 4) is 23.0 Å². The molecule has 178 valence electrons. The maximum Gasteiger partial charge on any atom is 0.295 e. The van der Waals surface area contributed by atoms with Crippen LogP contribution in [0, 0.1) is 0 Å². The number of aliphatic hydroxyl groups excluding tert-OH is 1. The number of ketones is 1. The van der Waals surface area contributed by atoms with Crippen LogP contribution in [-0.2, 0) is 16.1 Å². The van der Waals surface area contributed by atoms with Crippen LogP contribution in [0.25, 0.3) is 5.76 Å². The number of rotatable bonds is 6. The van der Waals surface area contributed by atoms with Gasteiger partial charge in [-0.05, 0) is 47.5 Å². The normalized spacial score (nSPS) is 18.1. The number of carbonyl (C=O) groups is 2. The zero-order valence-corrected chi connectivity index (χ0v) is 19.2. The number of likely N-dealkylation sites (tertiary alicyclic amines) is 1. The van der Waals surface area contributed by atoms with Crippen LogP contribution >= 0.6 is 0 Å². The van der Waals surface area contributed by atoms with Gasteiger partial charge in [-0.3, -0.25) is 9.59 Å². The number of aliphatic hydroxyl groups is 1. The molecule has 0 spiro atoms. The lowest BCUT2D eigenvalue weighted by molar-refractivity contribution is -0.140. The fourth-order valence-electron chi connectivity index (χ4n) is 4.36. The van der Waals surface area contributed by atoms with Crippen molar-refractivity contribution < 1.29 is 33.6 Å². The third kappa shape index (κ3) is 4.03. The van der Waals surface area contributed by atoms with E-state index in [-0.39, 0.29) is 24.7 Å². The predicted octanol–water partition coefficient (Wildman–Crippen LogP) is 4.05. The van der Waals surface area contributed by atoms with Gasteiger partial charge in [0.15, 0.2) is 11.5 Å². The van der Waals surface area contributed by atoms with Gasteiger partial charge in [-0.1, -0.05) is 30.3 Å². The van der Waals surface area contributed by atoms with E-state index in [1.165, 1.54) is 12.0 Å². The molecule has 8 nitrogen and oxygen atoms in total. The van der Waals surface area contributed by atoms with Gasteiger partial charge in [0, 0.05) is 12.1 Å². The number of ether oxygens (including phenoxy) is 4. The fourth-order valence-corrected chi connectivity index (χ4v) is 4.36. The molecular formula is C27H23NO7. The minimum absolute atomic E-state index is 0.00255. The molecule has 1 fully saturated rings. The molecule has 1 unspecified atom stereocenters. The van der Waals surface area contributed by atoms with Crippen molar-refractivity contribution in [1.82, 2.24) is 4.90 Å². The lowest BCUT2D eigenvalue weighted by Crippen LogP contribution is -2.29. The Morgan fingerprint density at radius 3 is 2.43 bits per heavy atom. The maximum absolute atomic E-state index is 13.3. The second kappa shape index (κ2) is 9.06. The van der Waals surface area contributed by atoms with E-state index in [0.29, 0.717) is 34.1 Å². The van der Waals surface area contributed by atoms with Crippen LogP contribution in [0.2, 0.25) is 0 Å². The van der Waals surface area contributed by atoms with E-state index in [0.717, 1.165) is 5.56 Å². The molecule has 1 amide bonds. The van der Waals surface area contributed by atoms with Gasteiger partial charge < -0.3 is 29.0 Å². The van der Waals surface area contributed by atoms with E-state index in [4.69, 9.17) is 18.9 Å². The number of nitrogens with zero attached hydrogens (tertiary/aromatic N) is 1. The van der Waals surface area contributed by atoms with Gasteiger partial charge in [0.2, 0.25) is 6.79 Å². The van der Waals surface area contributed by atoms with Crippen LogP contribution < -0.4 is 18.9 Å². The summed E-state index contributed by atoms with van der Waals surface area (Å²) in [7, 11) is 3.05. The van der Waals surface area contributed by atoms with Gasteiger partial charge in [-0.2, -0.15) is 0 Å². The molecule has 2 aliphatic heterocycles. The monoisotopic (exact) mass is 473 g/mol. The highest BCUT2D eigenvalue weighted by Crippen LogP contribution is 2.42. The number of methoxy groups -OCH3 is 2. The molecule has 0 aliphatic carbocycles. The van der Waals surface area contributed by atoms with E-state index >= 15 is 0 Å². The van der Waals surface area contributed by atoms with E-state index in [1.807, 2.05) is 6.07 Å². The van der Waals surface area contributed by atoms with Crippen molar-refractivity contribution in [1.29, 1.82) is 0 Å². The lowest BCUT2D eigenvalue weighted by Gasteiger charge is -2.26. The molecule has 3 aromatic carbocycles. The van der Waals surface area contributed by atoms with Crippen LogP contribution in [0.1, 0.15) is 22.7 Å². The SMILES string of the molecule is COc1cccc(/C(O)=C2\C(=O)C(=O)N(Cc3ccc4c(c3)OCO4)C2c2cccc(OC)c2)c1. The summed E-state index contributed by atoms with van der Waals surface area (Å²) in [4.78, 5) is 28.0. The smallest absolute Gasteiger partial charge is 0.295 e. The lowest BCUT2D eigenvalue weighted by atomic mass is 9.95. The number of carbonyl (C=O) groups excluding carboxylic acids is 2. The van der Waals surface area contributed by atoms with Crippen LogP contribution in [0.5, 0.6) is 23.0 Å². The Hall–Kier alpha value is -4.46. The Kier molecular flexibility index (Phi) is 5.78. The number of hydrogen-bond donors (Lipinski definition) is 1. The molecule has 0 bridgehead atoms. The standard InChI is InChI=1S/C27H23NO7/c1-32-19-7-3-5-17(12-19)24-23(25(29)18-6-4-8-20(13-18)33-2)26(30)27(31)28(24)14-16-9-10-21-22(11-16)35-15-34-21/h3-13,24,29H,14-15H2,1-2H3/b25-23+. The Morgan fingerprint density at radius 2 is 1.66 bits per heavy atom. The van der Waals surface area contributed by atoms with E-state index in [2.05, 4.69) is 0 Å². The second-order valence-corrected chi connectivity index (χ2v) is 8.12. The molecule has 3 aromatic rings. The number of fused-ring (bicyclic) bond motifs is 1. The van der Waals surface area contributed by atoms with Gasteiger partial charge in [0.25, 0.3) is 11.7 Å². The Bertz CT molecular complexity index is 1350. The molecule has 2 aliphatic rings. The van der Waals surface area contributed by atoms with Gasteiger partial charge in [0.05, 0.1) is 25.8 Å². The number of benzene rings is 3. The third-order valence-electron chi connectivity index (χ3n) is 6.08. The van der Waals surface area contributed by atoms with Crippen LogP contribution in [0.3, 0.4) is 0 Å². The number of amides is 1. The highest BCUT2D eigenvalue weighted by Gasteiger charge is 2.46. The minimum Gasteiger partial charge on any atom is -0.507 e. The van der Waals surface area contributed by atoms with Crippen molar-refractivity contribution in [3.63, 3.8) is 0 Å². The largest absolute Gasteiger partial charge is 0.507 e. The van der Waals surface area contributed by atoms with Crippen molar-refractivity contribution in [2.24, 2.45) is 0 Å². The summed E-state index contributed by atoms with van der Waals surface area (Å²) in [5.74, 6) is 0.535. The highest BCUT2D eigenvalue weighted by molar-refractivity contribution is 6.46. The summed E-state index contributed by atoms with van der Waals surface area (Å²) in [5.41, 5.74) is 1.76. The van der Waals surface area contributed by atoms with Crippen molar-refractivity contribution in [2.75, 3.05) is 21.0 Å². The van der Waals surface area contributed by atoms with E-state index in [9.17, 15) is 14.7 Å². The highest BCUT2D eigenvalue weighted by atomic mass is 16.7. The fraction of sp³-hybridized carbons (Fsp3) is 0.185. The zero-order valence-electron chi connectivity index (χ0n) is 19.2. The average molecular weight is 473 g/mol. The summed E-state index contributed by atoms with van der Waals surface area (Å²) in [6.07, 6.45) is 0. The molecule has 1 N–H and O–H groups in total. The second-order valence-electron chi connectivity index (χ2n) is 8.12. The van der Waals surface area contributed by atoms with E-state index < -0.39 is 17.7 Å². The summed E-state index contributed by atoms with van der Waals surface area (Å²) >= 11 is 0. The number of Topliss-reactive ketones (excluding diaryl/α,β-unsaturated/α-hetero) is 1. The summed E-state index contributed by atoms with van der Waals surface area (Å²) in [6, 6.07) is 18.3. The number of hydrogen-bond acceptors (Lipinski definition) is 7. The van der Waals surface area contributed by atoms with Crippen molar-refractivity contribution in [3.05, 3.63) is 89.0 Å². The van der Waals surface area contributed by atoms with Crippen molar-refractivity contribution >= 4 is 17.4 Å². The molecule has 0 saturated carbocycles. The van der Waals surface area contributed by atoms with Crippen molar-refractivity contribution in [2.45, 2.75) is 12.6 Å². The first-order valence-corrected chi connectivity index (χ1v) is 11.0. The Morgan fingerprint density at radius 1 is 0.943 bits per heavy atom. The molecule has 2 heterocycles. The Labute approximate surface area is 201 Å². The van der Waals surface area contributed by atoms with Crippen LogP contribution in [0.15, 0.2) is 72.3 Å². The molecule has 0 radical (unpaired) electrons. The molecule has 0 aromatic heterocycles. The predicted molar refractivity (Wildman–Crippen MR) is 126 cm³/mol. The molecular weight excluding hydrogens is 450 g/mol.